The van der Waals surface area contributed by atoms with Crippen molar-refractivity contribution in [3.8, 4) is 5.75 Å². The number of carbonyl (C=O) groups excluding carboxylic acids is 3. The molecule has 1 fully saturated rings. The van der Waals surface area contributed by atoms with Gasteiger partial charge >= 0.3 is 5.97 Å². The minimum absolute atomic E-state index is 0.109. The van der Waals surface area contributed by atoms with Gasteiger partial charge in [-0.3, -0.25) is 19.7 Å². The summed E-state index contributed by atoms with van der Waals surface area (Å²) in [5.41, 5.74) is 0.424. The fourth-order valence-corrected chi connectivity index (χ4v) is 3.68. The van der Waals surface area contributed by atoms with Crippen LogP contribution in [-0.4, -0.2) is 60.1 Å². The van der Waals surface area contributed by atoms with Gasteiger partial charge in [0.1, 0.15) is 11.8 Å². The first-order valence-electron chi connectivity index (χ1n) is 11.7. The highest BCUT2D eigenvalue weighted by molar-refractivity contribution is 7.80. The molecule has 1 aromatic carbocycles. The highest BCUT2D eigenvalue weighted by atomic mass is 32.1. The Morgan fingerprint density at radius 3 is 2.52 bits per heavy atom. The molecule has 182 valence electrons. The number of esters is 1. The lowest BCUT2D eigenvalue weighted by molar-refractivity contribution is -0.147. The van der Waals surface area contributed by atoms with E-state index in [1.54, 1.807) is 29.2 Å². The van der Waals surface area contributed by atoms with Crippen molar-refractivity contribution < 1.29 is 23.9 Å². The van der Waals surface area contributed by atoms with Crippen LogP contribution in [0, 0.1) is 0 Å². The molecule has 0 saturated carbocycles. The number of amides is 2. The zero-order valence-corrected chi connectivity index (χ0v) is 20.4. The van der Waals surface area contributed by atoms with Gasteiger partial charge in [-0.15, -0.1) is 0 Å². The summed E-state index contributed by atoms with van der Waals surface area (Å²) in [6.45, 7) is 5.90. The number of rotatable bonds is 12. The van der Waals surface area contributed by atoms with Gasteiger partial charge in [-0.2, -0.15) is 0 Å². The largest absolute Gasteiger partial charge is 0.494 e. The summed E-state index contributed by atoms with van der Waals surface area (Å²) in [7, 11) is 0. The quantitative estimate of drug-likeness (QED) is 0.271. The summed E-state index contributed by atoms with van der Waals surface area (Å²) in [5.74, 6) is -0.453. The first-order chi connectivity index (χ1) is 16.0. The van der Waals surface area contributed by atoms with Crippen LogP contribution in [0.1, 0.15) is 69.2 Å². The van der Waals surface area contributed by atoms with E-state index in [1.807, 2.05) is 6.92 Å². The lowest BCUT2D eigenvalue weighted by Gasteiger charge is -2.36. The normalized spacial score (nSPS) is 15.5. The number of piperazine rings is 1. The van der Waals surface area contributed by atoms with E-state index >= 15 is 0 Å². The predicted octanol–water partition coefficient (Wildman–Crippen LogP) is 3.19. The second-order valence-electron chi connectivity index (χ2n) is 7.97. The molecule has 2 rings (SSSR count). The van der Waals surface area contributed by atoms with Crippen LogP contribution in [0.4, 0.5) is 0 Å². The van der Waals surface area contributed by atoms with E-state index in [2.05, 4.69) is 17.6 Å². The summed E-state index contributed by atoms with van der Waals surface area (Å²) in [4.78, 5) is 38.7. The molecule has 1 aromatic rings. The monoisotopic (exact) mass is 477 g/mol. The third kappa shape index (κ3) is 9.00. The Bertz CT molecular complexity index is 800. The Morgan fingerprint density at radius 2 is 1.82 bits per heavy atom. The van der Waals surface area contributed by atoms with Crippen molar-refractivity contribution in [3.05, 3.63) is 29.8 Å². The molecule has 1 unspecified atom stereocenters. The predicted molar refractivity (Wildman–Crippen MR) is 130 cm³/mol. The molecule has 0 bridgehead atoms. The van der Waals surface area contributed by atoms with Crippen LogP contribution in [0.5, 0.6) is 5.75 Å². The zero-order chi connectivity index (χ0) is 24.1. The third-order valence-electron chi connectivity index (χ3n) is 5.32. The number of hydrogen-bond acceptors (Lipinski definition) is 6. The van der Waals surface area contributed by atoms with Crippen LogP contribution in [0.2, 0.25) is 0 Å². The molecule has 1 heterocycles. The number of unbranched alkanes of at least 4 members (excludes halogenated alkanes) is 4. The molecular formula is C24H35N3O5S. The van der Waals surface area contributed by atoms with Crippen LogP contribution < -0.4 is 15.4 Å². The van der Waals surface area contributed by atoms with Gasteiger partial charge in [0.05, 0.1) is 19.6 Å². The number of carbonyl (C=O) groups is 3. The van der Waals surface area contributed by atoms with E-state index in [4.69, 9.17) is 21.7 Å². The molecule has 1 aliphatic heterocycles. The van der Waals surface area contributed by atoms with E-state index in [0.717, 1.165) is 25.7 Å². The molecule has 9 heteroatoms. The highest BCUT2D eigenvalue weighted by Crippen LogP contribution is 2.15. The SMILES string of the molecule is CCCCCCOc1ccc(C(=O)NC(=S)N2CCNC(=O)C2CC(=O)OCCCC)cc1. The first-order valence-corrected chi connectivity index (χ1v) is 12.1. The molecular weight excluding hydrogens is 442 g/mol. The van der Waals surface area contributed by atoms with Crippen molar-refractivity contribution in [1.29, 1.82) is 0 Å². The van der Waals surface area contributed by atoms with E-state index in [1.165, 1.54) is 12.8 Å². The molecule has 0 aromatic heterocycles. The molecule has 2 N–H and O–H groups in total. The van der Waals surface area contributed by atoms with Crippen molar-refractivity contribution in [1.82, 2.24) is 15.5 Å². The number of ether oxygens (including phenoxy) is 2. The Labute approximate surface area is 201 Å². The van der Waals surface area contributed by atoms with Crippen molar-refractivity contribution in [3.63, 3.8) is 0 Å². The Balaban J connectivity index is 1.89. The summed E-state index contributed by atoms with van der Waals surface area (Å²) in [5, 5.41) is 5.52. The summed E-state index contributed by atoms with van der Waals surface area (Å²) in [6.07, 6.45) is 6.06. The number of thiocarbonyl (C=S) groups is 1. The van der Waals surface area contributed by atoms with Crippen LogP contribution in [-0.2, 0) is 14.3 Å². The third-order valence-corrected chi connectivity index (χ3v) is 5.65. The van der Waals surface area contributed by atoms with Crippen LogP contribution in [0.25, 0.3) is 0 Å². The Hall–Kier alpha value is -2.68. The van der Waals surface area contributed by atoms with Gasteiger partial charge in [0.15, 0.2) is 5.11 Å². The van der Waals surface area contributed by atoms with E-state index in [-0.39, 0.29) is 23.3 Å². The maximum absolute atomic E-state index is 12.7. The topological polar surface area (TPSA) is 97.0 Å². The van der Waals surface area contributed by atoms with E-state index in [9.17, 15) is 14.4 Å². The molecule has 1 aliphatic rings. The van der Waals surface area contributed by atoms with Gasteiger partial charge in [-0.1, -0.05) is 39.5 Å². The van der Waals surface area contributed by atoms with Crippen molar-refractivity contribution in [2.24, 2.45) is 0 Å². The van der Waals surface area contributed by atoms with Crippen molar-refractivity contribution in [2.75, 3.05) is 26.3 Å². The molecule has 33 heavy (non-hydrogen) atoms. The molecule has 0 aliphatic carbocycles. The number of hydrogen-bond donors (Lipinski definition) is 2. The summed E-state index contributed by atoms with van der Waals surface area (Å²) >= 11 is 5.39. The van der Waals surface area contributed by atoms with Crippen LogP contribution >= 0.6 is 12.2 Å². The Kier molecular flexibility index (Phi) is 11.6. The second kappa shape index (κ2) is 14.5. The minimum atomic E-state index is -0.816. The fraction of sp³-hybridized carbons (Fsp3) is 0.583. The molecule has 0 spiro atoms. The van der Waals surface area contributed by atoms with Gasteiger partial charge in [0.2, 0.25) is 5.91 Å². The first kappa shape index (κ1) is 26.6. The van der Waals surface area contributed by atoms with E-state index < -0.39 is 12.0 Å². The van der Waals surface area contributed by atoms with Crippen molar-refractivity contribution >= 4 is 35.1 Å². The standard InChI is InChI=1S/C24H35N3O5S/c1-3-5-7-8-16-31-19-11-9-18(10-12-19)22(29)26-24(33)27-14-13-25-23(30)20(27)17-21(28)32-15-6-4-2/h9-12,20H,3-8,13-17H2,1-2H3,(H,25,30)(H,26,29,33). The maximum Gasteiger partial charge on any atom is 0.308 e. The molecule has 1 atom stereocenters. The molecule has 8 nitrogen and oxygen atoms in total. The Morgan fingerprint density at radius 1 is 1.09 bits per heavy atom. The van der Waals surface area contributed by atoms with Crippen LogP contribution in [0.3, 0.4) is 0 Å². The van der Waals surface area contributed by atoms with Gasteiger partial charge in [0, 0.05) is 18.7 Å². The smallest absolute Gasteiger partial charge is 0.308 e. The number of nitrogens with zero attached hydrogens (tertiary/aromatic N) is 1. The lowest BCUT2D eigenvalue weighted by Crippen LogP contribution is -2.60. The second-order valence-corrected chi connectivity index (χ2v) is 8.36. The van der Waals surface area contributed by atoms with Crippen molar-refractivity contribution in [2.45, 2.75) is 64.8 Å². The fourth-order valence-electron chi connectivity index (χ4n) is 3.37. The van der Waals surface area contributed by atoms with Crippen LogP contribution in [0.15, 0.2) is 24.3 Å². The van der Waals surface area contributed by atoms with E-state index in [0.29, 0.717) is 37.6 Å². The van der Waals surface area contributed by atoms with Gasteiger partial charge < -0.3 is 19.7 Å². The minimum Gasteiger partial charge on any atom is -0.494 e. The lowest BCUT2D eigenvalue weighted by atomic mass is 10.1. The maximum atomic E-state index is 12.7. The highest BCUT2D eigenvalue weighted by Gasteiger charge is 2.34. The zero-order valence-electron chi connectivity index (χ0n) is 19.6. The average Bonchev–Trinajstić information content (AvgIpc) is 2.80. The molecule has 0 radical (unpaired) electrons. The van der Waals surface area contributed by atoms with Gasteiger partial charge in [-0.25, -0.2) is 0 Å². The summed E-state index contributed by atoms with van der Waals surface area (Å²) < 4.78 is 10.9. The molecule has 1 saturated heterocycles. The van der Waals surface area contributed by atoms with Gasteiger partial charge in [0.25, 0.3) is 5.91 Å². The van der Waals surface area contributed by atoms with Gasteiger partial charge in [-0.05, 0) is 49.3 Å². The number of benzene rings is 1. The summed E-state index contributed by atoms with van der Waals surface area (Å²) in [6, 6.07) is 6.03. The average molecular weight is 478 g/mol. The number of nitrogens with one attached hydrogen (secondary N) is 2. The molecule has 2 amide bonds.